The number of methoxy groups -OCH3 is 1. The van der Waals surface area contributed by atoms with Gasteiger partial charge >= 0.3 is 5.97 Å². The minimum Gasteiger partial charge on any atom is -0.497 e. The number of nitrogen functional groups attached to an aromatic ring is 1. The summed E-state index contributed by atoms with van der Waals surface area (Å²) in [6, 6.07) is 12.9. The Hall–Kier alpha value is -3.92. The number of esters is 1. The van der Waals surface area contributed by atoms with Crippen molar-refractivity contribution in [1.82, 2.24) is 10.2 Å². The van der Waals surface area contributed by atoms with Crippen LogP contribution in [0.25, 0.3) is 0 Å². The molecule has 37 heavy (non-hydrogen) atoms. The predicted molar refractivity (Wildman–Crippen MR) is 138 cm³/mol. The average molecular weight is 511 g/mol. The van der Waals surface area contributed by atoms with Crippen molar-refractivity contribution in [1.29, 1.82) is 5.41 Å². The van der Waals surface area contributed by atoms with Gasteiger partial charge in [-0.25, -0.2) is 4.79 Å². The van der Waals surface area contributed by atoms with E-state index in [9.17, 15) is 14.4 Å². The number of rotatable bonds is 11. The Morgan fingerprint density at radius 3 is 2.24 bits per heavy atom. The Morgan fingerprint density at radius 2 is 1.68 bits per heavy atom. The molecule has 0 spiro atoms. The third kappa shape index (κ3) is 8.04. The molecule has 198 valence electrons. The second kappa shape index (κ2) is 13.4. The van der Waals surface area contributed by atoms with Crippen LogP contribution in [0.4, 0.5) is 0 Å². The summed E-state index contributed by atoms with van der Waals surface area (Å²) in [5.41, 5.74) is 7.25. The van der Waals surface area contributed by atoms with Gasteiger partial charge in [-0.3, -0.25) is 15.0 Å². The summed E-state index contributed by atoms with van der Waals surface area (Å²) in [4.78, 5) is 39.8. The van der Waals surface area contributed by atoms with Gasteiger partial charge in [0.05, 0.1) is 19.8 Å². The Kier molecular flexibility index (Phi) is 10.0. The summed E-state index contributed by atoms with van der Waals surface area (Å²) in [6.07, 6.45) is 1.34. The van der Waals surface area contributed by atoms with Crippen LogP contribution in [0.2, 0.25) is 0 Å². The number of hydrogen-bond acceptors (Lipinski definition) is 7. The van der Waals surface area contributed by atoms with Gasteiger partial charge in [0.1, 0.15) is 24.2 Å². The average Bonchev–Trinajstić information content (AvgIpc) is 2.92. The van der Waals surface area contributed by atoms with E-state index in [2.05, 4.69) is 5.32 Å². The molecule has 0 bridgehead atoms. The summed E-state index contributed by atoms with van der Waals surface area (Å²) in [5, 5.41) is 10.4. The van der Waals surface area contributed by atoms with Gasteiger partial charge < -0.3 is 30.2 Å². The summed E-state index contributed by atoms with van der Waals surface area (Å²) in [5.74, 6) is -0.372. The van der Waals surface area contributed by atoms with Crippen molar-refractivity contribution in [3.05, 3.63) is 65.2 Å². The molecule has 10 nitrogen and oxygen atoms in total. The zero-order valence-electron chi connectivity index (χ0n) is 21.2. The van der Waals surface area contributed by atoms with E-state index in [-0.39, 0.29) is 24.5 Å². The van der Waals surface area contributed by atoms with Crippen LogP contribution in [0.3, 0.4) is 0 Å². The van der Waals surface area contributed by atoms with Crippen molar-refractivity contribution in [2.45, 2.75) is 38.3 Å². The number of nitrogens with one attached hydrogen (secondary N) is 2. The van der Waals surface area contributed by atoms with Crippen molar-refractivity contribution < 1.29 is 28.6 Å². The molecular weight excluding hydrogens is 476 g/mol. The topological polar surface area (TPSA) is 144 Å². The highest BCUT2D eigenvalue weighted by Crippen LogP contribution is 2.18. The Labute approximate surface area is 216 Å². The lowest BCUT2D eigenvalue weighted by Gasteiger charge is -2.34. The summed E-state index contributed by atoms with van der Waals surface area (Å²) >= 11 is 0. The highest BCUT2D eigenvalue weighted by Gasteiger charge is 2.30. The highest BCUT2D eigenvalue weighted by molar-refractivity contribution is 5.99. The first-order valence-corrected chi connectivity index (χ1v) is 12.2. The molecule has 1 saturated heterocycles. The number of likely N-dealkylation sites (tertiary alicyclic amines) is 1. The smallest absolute Gasteiger partial charge is 0.332 e. The van der Waals surface area contributed by atoms with Gasteiger partial charge in [-0.2, -0.15) is 0 Å². The van der Waals surface area contributed by atoms with Gasteiger partial charge in [-0.15, -0.1) is 0 Å². The van der Waals surface area contributed by atoms with Crippen LogP contribution in [-0.4, -0.2) is 74.1 Å². The standard InChI is InChI=1S/C27H34N4O6/c1-3-36-24(32)17-37-22-12-14-31(15-13-22)27(34)23(16-18-4-10-21(35-2)11-5-18)30-26(33)20-8-6-19(7-9-20)25(28)29/h4-11,22-23H,3,12-17H2,1-2H3,(H3,28,29)(H,30,33)/t23-/m0/s1. The number of amides is 2. The van der Waals surface area contributed by atoms with Gasteiger partial charge in [0.15, 0.2) is 0 Å². The van der Waals surface area contributed by atoms with Gasteiger partial charge in [0.2, 0.25) is 5.91 Å². The molecule has 1 aliphatic rings. The summed E-state index contributed by atoms with van der Waals surface area (Å²) in [7, 11) is 1.58. The minimum atomic E-state index is -0.787. The number of nitrogens with two attached hydrogens (primary N) is 1. The molecule has 4 N–H and O–H groups in total. The second-order valence-corrected chi connectivity index (χ2v) is 8.71. The maximum absolute atomic E-state index is 13.5. The molecule has 0 radical (unpaired) electrons. The van der Waals surface area contributed by atoms with Crippen LogP contribution in [-0.2, 0) is 25.5 Å². The van der Waals surface area contributed by atoms with E-state index in [4.69, 9.17) is 25.4 Å². The number of ether oxygens (including phenoxy) is 3. The van der Waals surface area contributed by atoms with E-state index in [1.165, 1.54) is 0 Å². The van der Waals surface area contributed by atoms with Crippen molar-refractivity contribution in [3.63, 3.8) is 0 Å². The Morgan fingerprint density at radius 1 is 1.05 bits per heavy atom. The van der Waals surface area contributed by atoms with E-state index >= 15 is 0 Å². The van der Waals surface area contributed by atoms with Gasteiger partial charge in [-0.05, 0) is 49.6 Å². The molecule has 0 aliphatic carbocycles. The van der Waals surface area contributed by atoms with Gasteiger partial charge in [0, 0.05) is 30.6 Å². The summed E-state index contributed by atoms with van der Waals surface area (Å²) < 4.78 is 15.7. The van der Waals surface area contributed by atoms with E-state index in [1.54, 1.807) is 43.2 Å². The first kappa shape index (κ1) is 27.7. The largest absolute Gasteiger partial charge is 0.497 e. The lowest BCUT2D eigenvalue weighted by Crippen LogP contribution is -2.52. The van der Waals surface area contributed by atoms with E-state index in [0.29, 0.717) is 55.8 Å². The minimum absolute atomic E-state index is 0.0887. The number of carbonyl (C=O) groups excluding carboxylic acids is 3. The van der Waals surface area contributed by atoms with E-state index in [0.717, 1.165) is 5.56 Å². The van der Waals surface area contributed by atoms with Crippen molar-refractivity contribution >= 4 is 23.6 Å². The zero-order chi connectivity index (χ0) is 26.8. The SMILES string of the molecule is CCOC(=O)COC1CCN(C(=O)[C@H](Cc2ccc(OC)cc2)NC(=O)c2ccc(C(=N)N)cc2)CC1. The third-order valence-corrected chi connectivity index (χ3v) is 6.16. The molecule has 10 heteroatoms. The van der Waals surface area contributed by atoms with Crippen LogP contribution in [0.15, 0.2) is 48.5 Å². The molecule has 0 aromatic heterocycles. The second-order valence-electron chi connectivity index (χ2n) is 8.71. The normalized spacial score (nSPS) is 14.5. The molecular formula is C27H34N4O6. The molecule has 2 amide bonds. The molecule has 0 saturated carbocycles. The number of hydrogen-bond donors (Lipinski definition) is 3. The fourth-order valence-electron chi connectivity index (χ4n) is 4.09. The van der Waals surface area contributed by atoms with Crippen molar-refractivity contribution in [3.8, 4) is 5.75 Å². The van der Waals surface area contributed by atoms with Crippen LogP contribution in [0.1, 0.15) is 41.3 Å². The first-order chi connectivity index (χ1) is 17.8. The number of amidine groups is 1. The van der Waals surface area contributed by atoms with Crippen molar-refractivity contribution in [2.75, 3.05) is 33.4 Å². The monoisotopic (exact) mass is 510 g/mol. The van der Waals surface area contributed by atoms with Gasteiger partial charge in [-0.1, -0.05) is 24.3 Å². The third-order valence-electron chi connectivity index (χ3n) is 6.16. The number of piperidine rings is 1. The summed E-state index contributed by atoms with van der Waals surface area (Å²) in [6.45, 7) is 2.84. The molecule has 1 aliphatic heterocycles. The Balaban J connectivity index is 1.67. The molecule has 0 unspecified atom stereocenters. The van der Waals surface area contributed by atoms with Crippen LogP contribution in [0, 0.1) is 5.41 Å². The molecule has 2 aromatic rings. The van der Waals surface area contributed by atoms with Gasteiger partial charge in [0.25, 0.3) is 5.91 Å². The zero-order valence-corrected chi connectivity index (χ0v) is 21.2. The lowest BCUT2D eigenvalue weighted by atomic mass is 10.0. The molecule has 1 heterocycles. The fraction of sp³-hybridized carbons (Fsp3) is 0.407. The first-order valence-electron chi connectivity index (χ1n) is 12.2. The predicted octanol–water partition coefficient (Wildman–Crippen LogP) is 1.89. The van der Waals surface area contributed by atoms with E-state index in [1.807, 2.05) is 24.3 Å². The molecule has 1 fully saturated rings. The van der Waals surface area contributed by atoms with Crippen LogP contribution < -0.4 is 15.8 Å². The Bertz CT molecular complexity index is 1080. The highest BCUT2D eigenvalue weighted by atomic mass is 16.6. The number of nitrogens with zero attached hydrogens (tertiary/aromatic N) is 1. The van der Waals surface area contributed by atoms with Crippen LogP contribution >= 0.6 is 0 Å². The molecule has 2 aromatic carbocycles. The van der Waals surface area contributed by atoms with Crippen LogP contribution in [0.5, 0.6) is 5.75 Å². The molecule has 3 rings (SSSR count). The van der Waals surface area contributed by atoms with Crippen molar-refractivity contribution in [2.24, 2.45) is 5.73 Å². The maximum atomic E-state index is 13.5. The molecule has 1 atom stereocenters. The lowest BCUT2D eigenvalue weighted by molar-refractivity contribution is -0.152. The number of carbonyl (C=O) groups is 3. The maximum Gasteiger partial charge on any atom is 0.332 e. The fourth-order valence-corrected chi connectivity index (χ4v) is 4.09. The quantitative estimate of drug-likeness (QED) is 0.238. The number of benzene rings is 2. The van der Waals surface area contributed by atoms with E-state index < -0.39 is 17.9 Å².